The Morgan fingerprint density at radius 1 is 1.00 bits per heavy atom. The number of carboxylic acids is 1. The van der Waals surface area contributed by atoms with E-state index in [4.69, 9.17) is 9.47 Å². The summed E-state index contributed by atoms with van der Waals surface area (Å²) in [6, 6.07) is 0. The van der Waals surface area contributed by atoms with Gasteiger partial charge >= 0.3 is 17.9 Å². The molecule has 1 saturated heterocycles. The van der Waals surface area contributed by atoms with Crippen LogP contribution in [-0.2, 0) is 28.7 Å². The van der Waals surface area contributed by atoms with Crippen molar-refractivity contribution in [2.75, 3.05) is 0 Å². The first-order chi connectivity index (χ1) is 18.7. The number of hydrogen-bond donors (Lipinski definition) is 1. The highest BCUT2D eigenvalue weighted by atomic mass is 16.7. The summed E-state index contributed by atoms with van der Waals surface area (Å²) in [6.07, 6.45) is 18.1. The Kier molecular flexibility index (Phi) is 8.94. The fraction of sp³-hybridized carbons (Fsp3) is 0.613. The third kappa shape index (κ3) is 5.40. The van der Waals surface area contributed by atoms with Gasteiger partial charge in [0, 0.05) is 24.4 Å². The smallest absolute Gasteiger partial charge is 0.343 e. The molecule has 4 bridgehead atoms. The second kappa shape index (κ2) is 12.0. The summed E-state index contributed by atoms with van der Waals surface area (Å²) < 4.78 is 10.6. The summed E-state index contributed by atoms with van der Waals surface area (Å²) >= 11 is 0. The molecule has 212 valence electrons. The van der Waals surface area contributed by atoms with E-state index in [0.717, 1.165) is 57.8 Å². The molecule has 2 heterocycles. The number of aliphatic carboxylic acids is 1. The van der Waals surface area contributed by atoms with Crippen molar-refractivity contribution in [3.05, 3.63) is 47.1 Å². The maximum atomic E-state index is 13.3. The zero-order valence-corrected chi connectivity index (χ0v) is 22.9. The maximum absolute atomic E-state index is 13.3. The number of hydrogen-bond acceptors (Lipinski definition) is 8. The lowest BCUT2D eigenvalue weighted by molar-refractivity contribution is -0.307. The van der Waals surface area contributed by atoms with E-state index in [-0.39, 0.29) is 35.0 Å². The fourth-order valence-corrected chi connectivity index (χ4v) is 7.05. The zero-order chi connectivity index (χ0) is 28.2. The molecule has 0 spiro atoms. The van der Waals surface area contributed by atoms with E-state index in [2.05, 4.69) is 12.2 Å². The number of ether oxygens (including phenoxy) is 2. The summed E-state index contributed by atoms with van der Waals surface area (Å²) in [5.74, 6) is -7.74. The number of allylic oxidation sites excluding steroid dienone is 5. The van der Waals surface area contributed by atoms with E-state index in [1.165, 1.54) is 0 Å². The average Bonchev–Trinajstić information content (AvgIpc) is 3.24. The van der Waals surface area contributed by atoms with Gasteiger partial charge in [0.2, 0.25) is 5.79 Å². The van der Waals surface area contributed by atoms with Crippen molar-refractivity contribution in [1.29, 1.82) is 0 Å². The third-order valence-corrected chi connectivity index (χ3v) is 8.82. The fourth-order valence-electron chi connectivity index (χ4n) is 7.05. The van der Waals surface area contributed by atoms with Crippen LogP contribution in [0.4, 0.5) is 0 Å². The molecule has 2 aliphatic carbocycles. The topological polar surface area (TPSA) is 130 Å². The quantitative estimate of drug-likeness (QED) is 0.152. The first kappa shape index (κ1) is 29.0. The largest absolute Gasteiger partial charge is 0.550 e. The highest BCUT2D eigenvalue weighted by Gasteiger charge is 2.71. The molecule has 0 aromatic rings. The Labute approximate surface area is 229 Å². The molecule has 8 heteroatoms. The van der Waals surface area contributed by atoms with Crippen LogP contribution in [0.1, 0.15) is 90.9 Å². The molecule has 0 radical (unpaired) electrons. The molecule has 4 aliphatic rings. The number of cyclic esters (lactones) is 2. The van der Waals surface area contributed by atoms with Crippen LogP contribution in [0, 0.1) is 23.2 Å². The summed E-state index contributed by atoms with van der Waals surface area (Å²) in [6.45, 7) is 3.98. The molecule has 0 saturated carbocycles. The van der Waals surface area contributed by atoms with Gasteiger partial charge in [0.15, 0.2) is 0 Å². The van der Waals surface area contributed by atoms with Crippen LogP contribution in [0.2, 0.25) is 0 Å². The Bertz CT molecular complexity index is 1130. The SMILES string of the molecule is C/C=C/CCCCC[C@@H]1[C@@H](CCCCC/C=C/C)C=C2C3(O)OC(=O)[C@]2(CC(=O)[O-])CC2=C(C(=O)OC2=O)[C@@H]13. The predicted molar refractivity (Wildman–Crippen MR) is 140 cm³/mol. The number of rotatable bonds is 14. The minimum Gasteiger partial charge on any atom is -0.550 e. The molecule has 2 aliphatic heterocycles. The van der Waals surface area contributed by atoms with Gasteiger partial charge < -0.3 is 24.5 Å². The monoisotopic (exact) mass is 539 g/mol. The van der Waals surface area contributed by atoms with Gasteiger partial charge in [-0.3, -0.25) is 4.79 Å². The molecule has 39 heavy (non-hydrogen) atoms. The Balaban J connectivity index is 1.74. The first-order valence-electron chi connectivity index (χ1n) is 14.3. The number of carbonyl (C=O) groups excluding carboxylic acids is 4. The van der Waals surface area contributed by atoms with E-state index in [1.54, 1.807) is 0 Å². The molecule has 1 unspecified atom stereocenters. The molecule has 0 amide bonds. The Morgan fingerprint density at radius 3 is 2.26 bits per heavy atom. The van der Waals surface area contributed by atoms with Crippen LogP contribution in [-0.4, -0.2) is 34.8 Å². The standard InChI is InChI=1S/C31H40O8/c1-3-5-7-9-11-13-15-20-17-23-30(19-24(32)33)18-22-25(28(35)38-27(22)34)26(31(23,37)39-29(30)36)21(20)16-14-12-10-8-6-4-2/h3-6,17,20-21,26,37H,7-16,18-19H2,1-2H3,(H,32,33)/p-1/b5-3+,6-4+/t20-,21+,26+,30-,31?/m0/s1. The zero-order valence-electron chi connectivity index (χ0n) is 22.9. The van der Waals surface area contributed by atoms with Crippen LogP contribution >= 0.6 is 0 Å². The second-order valence-corrected chi connectivity index (χ2v) is 11.3. The van der Waals surface area contributed by atoms with Crippen LogP contribution in [0.5, 0.6) is 0 Å². The molecule has 0 aromatic carbocycles. The van der Waals surface area contributed by atoms with Crippen molar-refractivity contribution in [3.63, 3.8) is 0 Å². The number of aliphatic hydroxyl groups is 1. The van der Waals surface area contributed by atoms with Crippen molar-refractivity contribution in [2.24, 2.45) is 23.2 Å². The van der Waals surface area contributed by atoms with Crippen LogP contribution in [0.3, 0.4) is 0 Å². The normalized spacial score (nSPS) is 31.5. The van der Waals surface area contributed by atoms with Crippen molar-refractivity contribution < 1.29 is 38.9 Å². The van der Waals surface area contributed by atoms with Gasteiger partial charge in [-0.25, -0.2) is 9.59 Å². The van der Waals surface area contributed by atoms with E-state index in [9.17, 15) is 29.4 Å². The van der Waals surface area contributed by atoms with Crippen molar-refractivity contribution in [2.45, 2.75) is 96.7 Å². The molecular formula is C31H39O8-. The van der Waals surface area contributed by atoms with E-state index in [0.29, 0.717) is 6.42 Å². The van der Waals surface area contributed by atoms with Crippen molar-refractivity contribution in [1.82, 2.24) is 0 Å². The Morgan fingerprint density at radius 2 is 1.64 bits per heavy atom. The summed E-state index contributed by atoms with van der Waals surface area (Å²) in [7, 11) is 0. The second-order valence-electron chi connectivity index (χ2n) is 11.3. The minimum absolute atomic E-state index is 0.0187. The Hall–Kier alpha value is -3.00. The van der Waals surface area contributed by atoms with Gasteiger partial charge in [-0.15, -0.1) is 0 Å². The van der Waals surface area contributed by atoms with Crippen LogP contribution < -0.4 is 5.11 Å². The first-order valence-corrected chi connectivity index (χ1v) is 14.3. The molecule has 4 rings (SSSR count). The lowest BCUT2D eigenvalue weighted by Crippen LogP contribution is -2.50. The number of carbonyl (C=O) groups is 4. The molecular weight excluding hydrogens is 500 g/mol. The van der Waals surface area contributed by atoms with Gasteiger partial charge in [-0.05, 0) is 64.2 Å². The number of unbranched alkanes of at least 4 members (excludes halogenated alkanes) is 6. The summed E-state index contributed by atoms with van der Waals surface area (Å²) in [5.41, 5.74) is -1.63. The van der Waals surface area contributed by atoms with Gasteiger partial charge in [0.25, 0.3) is 0 Å². The van der Waals surface area contributed by atoms with E-state index >= 15 is 0 Å². The van der Waals surface area contributed by atoms with Gasteiger partial charge in [0.1, 0.15) is 5.41 Å². The molecule has 8 nitrogen and oxygen atoms in total. The van der Waals surface area contributed by atoms with Crippen LogP contribution in [0.25, 0.3) is 0 Å². The molecule has 1 fully saturated rings. The molecule has 5 atom stereocenters. The van der Waals surface area contributed by atoms with Crippen LogP contribution in [0.15, 0.2) is 47.1 Å². The number of carboxylic acid groups (broad SMARTS) is 1. The maximum Gasteiger partial charge on any atom is 0.343 e. The predicted octanol–water partition coefficient (Wildman–Crippen LogP) is 3.98. The lowest BCUT2D eigenvalue weighted by atomic mass is 9.61. The molecule has 0 aromatic heterocycles. The molecule has 1 N–H and O–H groups in total. The summed E-state index contributed by atoms with van der Waals surface area (Å²) in [5, 5.41) is 23.9. The van der Waals surface area contributed by atoms with Gasteiger partial charge in [-0.1, -0.05) is 56.1 Å². The van der Waals surface area contributed by atoms with Crippen molar-refractivity contribution >= 4 is 23.9 Å². The van der Waals surface area contributed by atoms with Gasteiger partial charge in [-0.2, -0.15) is 0 Å². The highest BCUT2D eigenvalue weighted by molar-refractivity contribution is 6.14. The number of esters is 3. The van der Waals surface area contributed by atoms with E-state index in [1.807, 2.05) is 32.1 Å². The third-order valence-electron chi connectivity index (χ3n) is 8.82. The van der Waals surface area contributed by atoms with Crippen molar-refractivity contribution in [3.8, 4) is 0 Å². The van der Waals surface area contributed by atoms with Gasteiger partial charge in [0.05, 0.1) is 17.1 Å². The highest BCUT2D eigenvalue weighted by Crippen LogP contribution is 2.64. The minimum atomic E-state index is -2.20. The van der Waals surface area contributed by atoms with E-state index < -0.39 is 47.4 Å². The number of fused-ring (bicyclic) bond motifs is 1. The lowest BCUT2D eigenvalue weighted by Gasteiger charge is -2.45. The average molecular weight is 540 g/mol. The summed E-state index contributed by atoms with van der Waals surface area (Å²) in [4.78, 5) is 51.0.